The summed E-state index contributed by atoms with van der Waals surface area (Å²) in [6, 6.07) is 14.1. The van der Waals surface area contributed by atoms with Crippen molar-refractivity contribution in [2.45, 2.75) is 12.8 Å². The summed E-state index contributed by atoms with van der Waals surface area (Å²) in [4.78, 5) is 40.0. The van der Waals surface area contributed by atoms with Gasteiger partial charge in [0, 0.05) is 0 Å². The highest BCUT2D eigenvalue weighted by atomic mass is 32.1. The molecule has 0 saturated carbocycles. The fourth-order valence-electron chi connectivity index (χ4n) is 4.20. The van der Waals surface area contributed by atoms with Crippen LogP contribution in [0.25, 0.3) is 17.5 Å². The van der Waals surface area contributed by atoms with Crippen molar-refractivity contribution in [2.75, 3.05) is 27.9 Å². The second kappa shape index (κ2) is 10.8. The maximum Gasteiger partial charge on any atom is 0.338 e. The van der Waals surface area contributed by atoms with Gasteiger partial charge in [0.1, 0.15) is 22.0 Å². The number of benzene rings is 2. The van der Waals surface area contributed by atoms with Crippen LogP contribution in [0.4, 0.5) is 0 Å². The lowest BCUT2D eigenvalue weighted by Crippen LogP contribution is -2.41. The van der Waals surface area contributed by atoms with Gasteiger partial charge in [-0.3, -0.25) is 9.36 Å². The predicted octanol–water partition coefficient (Wildman–Crippen LogP) is 1.57. The fourth-order valence-corrected chi connectivity index (χ4v) is 5.37. The van der Waals surface area contributed by atoms with E-state index in [0.717, 1.165) is 11.3 Å². The van der Waals surface area contributed by atoms with Crippen LogP contribution in [0, 0.1) is 0 Å². The lowest BCUT2D eigenvalue weighted by Gasteiger charge is -2.27. The molecule has 0 spiro atoms. The minimum Gasteiger partial charge on any atom is -0.497 e. The van der Waals surface area contributed by atoms with E-state index in [1.54, 1.807) is 62.6 Å². The molecule has 0 fully saturated rings. The third-order valence-electron chi connectivity index (χ3n) is 5.87. The van der Waals surface area contributed by atoms with Crippen molar-refractivity contribution in [3.63, 3.8) is 0 Å². The number of esters is 2. The Balaban J connectivity index is 2.10. The molecule has 1 aliphatic rings. The lowest BCUT2D eigenvalue weighted by atomic mass is 9.83. The summed E-state index contributed by atoms with van der Waals surface area (Å²) in [5.74, 6) is -1.37. The third kappa shape index (κ3) is 4.75. The van der Waals surface area contributed by atoms with Gasteiger partial charge < -0.3 is 24.7 Å². The van der Waals surface area contributed by atoms with Crippen molar-refractivity contribution < 1.29 is 28.5 Å². The molecule has 37 heavy (non-hydrogen) atoms. The van der Waals surface area contributed by atoms with Crippen molar-refractivity contribution in [1.82, 2.24) is 4.57 Å². The molecule has 0 aliphatic carbocycles. The number of hydrogen-bond donors (Lipinski definition) is 1. The summed E-state index contributed by atoms with van der Waals surface area (Å²) in [5, 5.41) is 0. The van der Waals surface area contributed by atoms with E-state index >= 15 is 0 Å². The van der Waals surface area contributed by atoms with Crippen LogP contribution >= 0.6 is 11.3 Å². The number of fused-ring (bicyclic) bond motifs is 1. The van der Waals surface area contributed by atoms with Crippen LogP contribution in [0.15, 0.2) is 58.9 Å². The van der Waals surface area contributed by atoms with Crippen LogP contribution in [-0.4, -0.2) is 44.4 Å². The maximum atomic E-state index is 13.6. The van der Waals surface area contributed by atoms with E-state index in [1.165, 1.54) is 18.8 Å². The minimum absolute atomic E-state index is 0.0316. The van der Waals surface area contributed by atoms with Crippen LogP contribution < -0.4 is 30.0 Å². The van der Waals surface area contributed by atoms with E-state index in [1.807, 2.05) is 6.07 Å². The lowest BCUT2D eigenvalue weighted by molar-refractivity contribution is -0.138. The highest BCUT2D eigenvalue weighted by molar-refractivity contribution is 7.07. The second-order valence-electron chi connectivity index (χ2n) is 7.97. The first kappa shape index (κ1) is 25.8. The number of carbonyl (C=O) groups excluding carboxylic acids is 2. The number of thiazole rings is 1. The predicted molar refractivity (Wildman–Crippen MR) is 140 cm³/mol. The van der Waals surface area contributed by atoms with Gasteiger partial charge in [0.2, 0.25) is 0 Å². The topological polar surface area (TPSA) is 119 Å². The van der Waals surface area contributed by atoms with Crippen LogP contribution in [0.5, 0.6) is 11.5 Å². The number of aromatic nitrogens is 1. The molecule has 1 aromatic heterocycles. The Morgan fingerprint density at radius 1 is 1.00 bits per heavy atom. The van der Waals surface area contributed by atoms with E-state index in [0.29, 0.717) is 27.2 Å². The number of nitrogens with zero attached hydrogens (tertiary/aromatic N) is 1. The molecule has 3 aromatic rings. The Morgan fingerprint density at radius 3 is 2.32 bits per heavy atom. The molecule has 0 saturated heterocycles. The number of methoxy groups -OCH3 is 3. The number of nitrogens with two attached hydrogens (primary N) is 1. The summed E-state index contributed by atoms with van der Waals surface area (Å²) in [7, 11) is 4.30. The fraction of sp³-hybridized carbons (Fsp3) is 0.222. The van der Waals surface area contributed by atoms with Crippen molar-refractivity contribution in [2.24, 2.45) is 5.73 Å². The van der Waals surface area contributed by atoms with Gasteiger partial charge in [-0.05, 0) is 48.4 Å². The van der Waals surface area contributed by atoms with E-state index < -0.39 is 23.4 Å². The largest absolute Gasteiger partial charge is 0.497 e. The van der Waals surface area contributed by atoms with E-state index in [4.69, 9.17) is 24.7 Å². The van der Waals surface area contributed by atoms with Crippen molar-refractivity contribution in [3.05, 3.63) is 84.8 Å². The molecule has 9 nitrogen and oxygen atoms in total. The van der Waals surface area contributed by atoms with E-state index in [9.17, 15) is 14.4 Å². The number of hydrogen-bond acceptors (Lipinski definition) is 9. The van der Waals surface area contributed by atoms with Gasteiger partial charge in [0.05, 0.1) is 49.5 Å². The first-order chi connectivity index (χ1) is 17.8. The molecule has 2 aromatic carbocycles. The monoisotopic (exact) mass is 522 g/mol. The van der Waals surface area contributed by atoms with Crippen LogP contribution in [0.1, 0.15) is 24.0 Å². The molecule has 2 N–H and O–H groups in total. The first-order valence-corrected chi connectivity index (χ1v) is 12.2. The van der Waals surface area contributed by atoms with Gasteiger partial charge in [0.25, 0.3) is 5.56 Å². The molecule has 0 unspecified atom stereocenters. The third-order valence-corrected chi connectivity index (χ3v) is 6.98. The Labute approximate surface area is 216 Å². The highest BCUT2D eigenvalue weighted by Gasteiger charge is 2.39. The van der Waals surface area contributed by atoms with E-state index in [-0.39, 0.29) is 28.2 Å². The highest BCUT2D eigenvalue weighted by Crippen LogP contribution is 2.38. The number of ether oxygens (including phenoxy) is 4. The van der Waals surface area contributed by atoms with Gasteiger partial charge in [0.15, 0.2) is 0 Å². The second-order valence-corrected chi connectivity index (χ2v) is 9.00. The van der Waals surface area contributed by atoms with Gasteiger partial charge in [-0.15, -0.1) is 11.3 Å². The Bertz CT molecular complexity index is 1580. The molecule has 192 valence electrons. The molecule has 10 heteroatoms. The standard InChI is InChI=1S/C27H26N2O7S/c1-5-36-27(32)21-20(16-9-7-11-18(14-16)34-3)22(26(31)35-4)25-29(23(21)28)24(30)19(37-25)13-15-8-6-10-17(12-15)33-2/h6-14,20H,5,28H2,1-4H3/t20-/m1/s1. The Kier molecular flexibility index (Phi) is 7.49. The molecule has 0 amide bonds. The summed E-state index contributed by atoms with van der Waals surface area (Å²) in [6.45, 7) is 1.74. The molecular weight excluding hydrogens is 496 g/mol. The average Bonchev–Trinajstić information content (AvgIpc) is 3.23. The molecule has 2 heterocycles. The Hall–Kier alpha value is -4.31. The molecular formula is C27H26N2O7S. The normalized spacial score (nSPS) is 15.3. The summed E-state index contributed by atoms with van der Waals surface area (Å²) in [5.41, 5.74) is 7.35. The minimum atomic E-state index is -0.954. The van der Waals surface area contributed by atoms with Gasteiger partial charge >= 0.3 is 11.9 Å². The van der Waals surface area contributed by atoms with E-state index in [2.05, 4.69) is 0 Å². The summed E-state index contributed by atoms with van der Waals surface area (Å²) < 4.78 is 22.8. The Morgan fingerprint density at radius 2 is 1.68 bits per heavy atom. The number of carbonyl (C=O) groups is 2. The van der Waals surface area contributed by atoms with Crippen molar-refractivity contribution in [3.8, 4) is 11.5 Å². The molecule has 0 radical (unpaired) electrons. The first-order valence-electron chi connectivity index (χ1n) is 11.4. The molecule has 1 aliphatic heterocycles. The van der Waals surface area contributed by atoms with Gasteiger partial charge in [-0.1, -0.05) is 24.3 Å². The zero-order valence-corrected chi connectivity index (χ0v) is 21.6. The zero-order valence-electron chi connectivity index (χ0n) is 20.8. The quantitative estimate of drug-likeness (QED) is 0.465. The summed E-state index contributed by atoms with van der Waals surface area (Å²) in [6.07, 6.45) is 1.67. The van der Waals surface area contributed by atoms with Crippen LogP contribution in [-0.2, 0) is 19.1 Å². The van der Waals surface area contributed by atoms with Crippen molar-refractivity contribution in [1.29, 1.82) is 0 Å². The zero-order chi connectivity index (χ0) is 26.7. The SMILES string of the molecule is CCOC(=O)C1=C(N)n2c(sc(=Cc3cccc(OC)c3)c2=O)=C(C(=O)OC)[C@@H]1c1cccc(OC)c1. The van der Waals surface area contributed by atoms with Gasteiger partial charge in [-0.25, -0.2) is 9.59 Å². The molecule has 0 bridgehead atoms. The van der Waals surface area contributed by atoms with Crippen LogP contribution in [0.2, 0.25) is 0 Å². The van der Waals surface area contributed by atoms with Crippen molar-refractivity contribution >= 4 is 40.7 Å². The molecule has 4 rings (SSSR count). The maximum absolute atomic E-state index is 13.6. The van der Waals surface area contributed by atoms with Gasteiger partial charge in [-0.2, -0.15) is 0 Å². The summed E-state index contributed by atoms with van der Waals surface area (Å²) >= 11 is 1.08. The molecule has 1 atom stereocenters. The van der Waals surface area contributed by atoms with Crippen LogP contribution in [0.3, 0.4) is 0 Å². The smallest absolute Gasteiger partial charge is 0.338 e. The number of rotatable bonds is 7. The average molecular weight is 523 g/mol.